The van der Waals surface area contributed by atoms with Crippen molar-refractivity contribution < 1.29 is 18.8 Å². The molecule has 0 atom stereocenters. The van der Waals surface area contributed by atoms with Crippen molar-refractivity contribution in [1.82, 2.24) is 20.0 Å². The van der Waals surface area contributed by atoms with Gasteiger partial charge in [0.1, 0.15) is 5.82 Å². The van der Waals surface area contributed by atoms with Crippen LogP contribution in [-0.4, -0.2) is 84.8 Å². The van der Waals surface area contributed by atoms with E-state index in [1.54, 1.807) is 9.80 Å². The number of benzene rings is 1. The van der Waals surface area contributed by atoms with Crippen LogP contribution < -0.4 is 5.32 Å². The molecule has 2 heterocycles. The lowest BCUT2D eigenvalue weighted by atomic mass is 10.1. The zero-order valence-electron chi connectivity index (χ0n) is 13.9. The van der Waals surface area contributed by atoms with E-state index in [0.29, 0.717) is 44.8 Å². The maximum absolute atomic E-state index is 13.0. The minimum Gasteiger partial charge on any atom is -0.353 e. The molecule has 0 bridgehead atoms. The lowest BCUT2D eigenvalue weighted by molar-refractivity contribution is -0.139. The first-order chi connectivity index (χ1) is 12.0. The van der Waals surface area contributed by atoms with Crippen LogP contribution in [0.4, 0.5) is 4.39 Å². The molecule has 0 saturated carbocycles. The van der Waals surface area contributed by atoms with Crippen LogP contribution in [0.1, 0.15) is 10.4 Å². The lowest BCUT2D eigenvalue weighted by Gasteiger charge is -2.36. The molecule has 0 unspecified atom stereocenters. The Morgan fingerprint density at radius 1 is 1.00 bits per heavy atom. The van der Waals surface area contributed by atoms with E-state index in [0.717, 1.165) is 0 Å². The summed E-state index contributed by atoms with van der Waals surface area (Å²) in [6, 6.07) is 5.51. The molecule has 1 N–H and O–H groups in total. The molecule has 134 valence electrons. The Morgan fingerprint density at radius 2 is 1.68 bits per heavy atom. The average molecular weight is 348 g/mol. The molecule has 2 aliphatic heterocycles. The number of carbonyl (C=O) groups excluding carboxylic acids is 3. The number of amides is 3. The summed E-state index contributed by atoms with van der Waals surface area (Å²) in [5.74, 6) is -0.688. The molecule has 3 amide bonds. The quantitative estimate of drug-likeness (QED) is 0.803. The van der Waals surface area contributed by atoms with E-state index in [-0.39, 0.29) is 36.6 Å². The van der Waals surface area contributed by atoms with Crippen LogP contribution in [0.2, 0.25) is 0 Å². The number of hydrogen-bond acceptors (Lipinski definition) is 4. The van der Waals surface area contributed by atoms with Crippen molar-refractivity contribution in [2.45, 2.75) is 0 Å². The first kappa shape index (κ1) is 17.3. The Balaban J connectivity index is 1.48. The number of carbonyl (C=O) groups is 3. The Kier molecular flexibility index (Phi) is 5.28. The number of rotatable bonds is 3. The second-order valence-electron chi connectivity index (χ2n) is 6.24. The van der Waals surface area contributed by atoms with Gasteiger partial charge in [-0.3, -0.25) is 19.3 Å². The van der Waals surface area contributed by atoms with Gasteiger partial charge in [-0.05, 0) is 24.3 Å². The number of piperazine rings is 2. The normalized spacial score (nSPS) is 18.8. The number of halogens is 1. The molecular formula is C17H21FN4O3. The molecule has 25 heavy (non-hydrogen) atoms. The zero-order chi connectivity index (χ0) is 17.8. The molecule has 1 aromatic rings. The molecule has 7 nitrogen and oxygen atoms in total. The highest BCUT2D eigenvalue weighted by Gasteiger charge is 2.26. The summed E-state index contributed by atoms with van der Waals surface area (Å²) in [6.45, 7) is 3.62. The maximum Gasteiger partial charge on any atom is 0.253 e. The van der Waals surface area contributed by atoms with Crippen LogP contribution in [0.5, 0.6) is 0 Å². The fourth-order valence-electron chi connectivity index (χ4n) is 3.03. The van der Waals surface area contributed by atoms with Crippen molar-refractivity contribution in [2.75, 3.05) is 52.4 Å². The van der Waals surface area contributed by atoms with Gasteiger partial charge in [0, 0.05) is 44.8 Å². The van der Waals surface area contributed by atoms with Crippen LogP contribution in [0.15, 0.2) is 24.3 Å². The fraction of sp³-hybridized carbons (Fsp3) is 0.471. The third-order valence-electron chi connectivity index (χ3n) is 4.50. The Labute approximate surface area is 145 Å². The third-order valence-corrected chi connectivity index (χ3v) is 4.50. The second kappa shape index (κ2) is 7.60. The smallest absolute Gasteiger partial charge is 0.253 e. The molecule has 0 aliphatic carbocycles. The predicted octanol–water partition coefficient (Wildman–Crippen LogP) is -0.458. The van der Waals surface area contributed by atoms with Gasteiger partial charge < -0.3 is 15.1 Å². The van der Waals surface area contributed by atoms with Gasteiger partial charge in [0.25, 0.3) is 5.91 Å². The summed E-state index contributed by atoms with van der Waals surface area (Å²) in [5.41, 5.74) is 0.463. The predicted molar refractivity (Wildman–Crippen MR) is 88.3 cm³/mol. The second-order valence-corrected chi connectivity index (χ2v) is 6.24. The summed E-state index contributed by atoms with van der Waals surface area (Å²) in [5, 5.41) is 2.69. The number of nitrogens with zero attached hydrogens (tertiary/aromatic N) is 3. The fourth-order valence-corrected chi connectivity index (χ4v) is 3.03. The van der Waals surface area contributed by atoms with Crippen molar-refractivity contribution >= 4 is 17.7 Å². The number of nitrogens with one attached hydrogen (secondary N) is 1. The van der Waals surface area contributed by atoms with Crippen LogP contribution in [0.3, 0.4) is 0 Å². The Hall–Kier alpha value is -2.48. The van der Waals surface area contributed by atoms with Gasteiger partial charge in [0.05, 0.1) is 13.1 Å². The molecule has 1 aromatic carbocycles. The minimum atomic E-state index is -0.369. The SMILES string of the molecule is O=C1CN(C(=O)CN2CCN(C(=O)c3ccc(F)cc3)CC2)CCN1. The van der Waals surface area contributed by atoms with Crippen molar-refractivity contribution in [1.29, 1.82) is 0 Å². The van der Waals surface area contributed by atoms with Crippen LogP contribution in [0, 0.1) is 5.82 Å². The summed E-state index contributed by atoms with van der Waals surface area (Å²) in [4.78, 5) is 41.3. The molecule has 2 aliphatic rings. The summed E-state index contributed by atoms with van der Waals surface area (Å²) >= 11 is 0. The zero-order valence-corrected chi connectivity index (χ0v) is 13.9. The van der Waals surface area contributed by atoms with Crippen LogP contribution in [-0.2, 0) is 9.59 Å². The van der Waals surface area contributed by atoms with E-state index >= 15 is 0 Å². The van der Waals surface area contributed by atoms with Gasteiger partial charge in [0.2, 0.25) is 11.8 Å². The van der Waals surface area contributed by atoms with Gasteiger partial charge >= 0.3 is 0 Å². The molecule has 0 aromatic heterocycles. The summed E-state index contributed by atoms with van der Waals surface area (Å²) in [7, 11) is 0. The molecule has 0 spiro atoms. The summed E-state index contributed by atoms with van der Waals surface area (Å²) in [6.07, 6.45) is 0. The van der Waals surface area contributed by atoms with Crippen molar-refractivity contribution in [2.24, 2.45) is 0 Å². The van der Waals surface area contributed by atoms with Crippen molar-refractivity contribution in [3.05, 3.63) is 35.6 Å². The van der Waals surface area contributed by atoms with Crippen LogP contribution in [0.25, 0.3) is 0 Å². The highest BCUT2D eigenvalue weighted by atomic mass is 19.1. The molecule has 2 fully saturated rings. The molecule has 3 rings (SSSR count). The van der Waals surface area contributed by atoms with E-state index in [1.165, 1.54) is 24.3 Å². The molecule has 8 heteroatoms. The highest BCUT2D eigenvalue weighted by molar-refractivity contribution is 5.94. The van der Waals surface area contributed by atoms with Gasteiger partial charge in [-0.2, -0.15) is 0 Å². The largest absolute Gasteiger partial charge is 0.353 e. The maximum atomic E-state index is 13.0. The van der Waals surface area contributed by atoms with Gasteiger partial charge in [0.15, 0.2) is 0 Å². The average Bonchev–Trinajstić information content (AvgIpc) is 2.62. The highest BCUT2D eigenvalue weighted by Crippen LogP contribution is 2.10. The van der Waals surface area contributed by atoms with E-state index in [9.17, 15) is 18.8 Å². The molecule has 0 radical (unpaired) electrons. The van der Waals surface area contributed by atoms with Crippen LogP contribution >= 0.6 is 0 Å². The van der Waals surface area contributed by atoms with Crippen molar-refractivity contribution in [3.63, 3.8) is 0 Å². The van der Waals surface area contributed by atoms with E-state index in [2.05, 4.69) is 5.32 Å². The third kappa shape index (κ3) is 4.33. The van der Waals surface area contributed by atoms with Gasteiger partial charge in [-0.1, -0.05) is 0 Å². The number of hydrogen-bond donors (Lipinski definition) is 1. The molecular weight excluding hydrogens is 327 g/mol. The Bertz CT molecular complexity index is 656. The molecule has 2 saturated heterocycles. The van der Waals surface area contributed by atoms with Crippen molar-refractivity contribution in [3.8, 4) is 0 Å². The van der Waals surface area contributed by atoms with Gasteiger partial charge in [-0.15, -0.1) is 0 Å². The Morgan fingerprint density at radius 3 is 2.32 bits per heavy atom. The first-order valence-electron chi connectivity index (χ1n) is 8.34. The summed E-state index contributed by atoms with van der Waals surface area (Å²) < 4.78 is 13.0. The lowest BCUT2D eigenvalue weighted by Crippen LogP contribution is -2.55. The monoisotopic (exact) mass is 348 g/mol. The van der Waals surface area contributed by atoms with E-state index in [4.69, 9.17) is 0 Å². The first-order valence-corrected chi connectivity index (χ1v) is 8.34. The topological polar surface area (TPSA) is 73.0 Å². The van der Waals surface area contributed by atoms with Gasteiger partial charge in [-0.25, -0.2) is 4.39 Å². The standard InChI is InChI=1S/C17H21FN4O3/c18-14-3-1-13(2-4-14)17(25)21-9-7-20(8-10-21)12-16(24)22-6-5-19-15(23)11-22/h1-4H,5-12H2,(H,19,23). The van der Waals surface area contributed by atoms with E-state index in [1.807, 2.05) is 4.90 Å². The van der Waals surface area contributed by atoms with E-state index < -0.39 is 0 Å². The minimum absolute atomic E-state index is 0.0619.